The summed E-state index contributed by atoms with van der Waals surface area (Å²) in [6, 6.07) is 15.1. The highest BCUT2D eigenvalue weighted by atomic mass is 16.5. The Morgan fingerprint density at radius 3 is 2.28 bits per heavy atom. The summed E-state index contributed by atoms with van der Waals surface area (Å²) >= 11 is 0. The number of esters is 1. The molecule has 3 rings (SSSR count). The van der Waals surface area contributed by atoms with Gasteiger partial charge < -0.3 is 9.47 Å². The van der Waals surface area contributed by atoms with E-state index in [0.717, 1.165) is 31.4 Å². The Bertz CT molecular complexity index is 736. The molecule has 1 aliphatic carbocycles. The van der Waals surface area contributed by atoms with Crippen LogP contribution in [-0.4, -0.2) is 19.7 Å². The number of aryl methyl sites for hydroxylation is 2. The lowest BCUT2D eigenvalue weighted by atomic mass is 9.84. The topological polar surface area (TPSA) is 35.5 Å². The van der Waals surface area contributed by atoms with Crippen LogP contribution in [0.1, 0.15) is 82.1 Å². The van der Waals surface area contributed by atoms with Crippen molar-refractivity contribution >= 4 is 5.97 Å². The van der Waals surface area contributed by atoms with Gasteiger partial charge in [-0.25, -0.2) is 0 Å². The van der Waals surface area contributed by atoms with Crippen LogP contribution in [0.3, 0.4) is 0 Å². The fourth-order valence-corrected chi connectivity index (χ4v) is 3.79. The summed E-state index contributed by atoms with van der Waals surface area (Å²) in [6.07, 6.45) is 4.35. The van der Waals surface area contributed by atoms with Crippen LogP contribution in [0.15, 0.2) is 42.5 Å². The first-order chi connectivity index (χ1) is 14.2. The third-order valence-electron chi connectivity index (χ3n) is 5.00. The SMILES string of the molecule is CC.CC.CCOC(=O)CCCC1c2ccccc2CCc2ccc(OC)cc21. The van der Waals surface area contributed by atoms with Gasteiger partial charge in [-0.05, 0) is 67.0 Å². The minimum absolute atomic E-state index is 0.102. The van der Waals surface area contributed by atoms with Crippen LogP contribution in [0, 0.1) is 0 Å². The summed E-state index contributed by atoms with van der Waals surface area (Å²) in [5, 5.41) is 0. The van der Waals surface area contributed by atoms with Crippen molar-refractivity contribution in [3.05, 3.63) is 64.7 Å². The van der Waals surface area contributed by atoms with E-state index in [1.807, 2.05) is 40.7 Å². The van der Waals surface area contributed by atoms with Gasteiger partial charge in [0, 0.05) is 12.3 Å². The molecule has 3 heteroatoms. The van der Waals surface area contributed by atoms with Crippen LogP contribution in [0.5, 0.6) is 5.75 Å². The maximum atomic E-state index is 11.7. The number of rotatable bonds is 6. The zero-order valence-corrected chi connectivity index (χ0v) is 19.1. The van der Waals surface area contributed by atoms with E-state index in [2.05, 4.69) is 36.4 Å². The van der Waals surface area contributed by atoms with E-state index in [1.165, 1.54) is 22.3 Å². The number of ether oxygens (including phenoxy) is 2. The normalized spacial score (nSPS) is 13.9. The largest absolute Gasteiger partial charge is 0.497 e. The number of methoxy groups -OCH3 is 1. The summed E-state index contributed by atoms with van der Waals surface area (Å²) in [5.74, 6) is 1.10. The molecule has 0 spiro atoms. The van der Waals surface area contributed by atoms with Crippen molar-refractivity contribution in [1.29, 1.82) is 0 Å². The molecule has 0 aromatic heterocycles. The fourth-order valence-electron chi connectivity index (χ4n) is 3.79. The molecule has 1 unspecified atom stereocenters. The quantitative estimate of drug-likeness (QED) is 0.507. The molecule has 0 radical (unpaired) electrons. The van der Waals surface area contributed by atoms with Crippen LogP contribution in [0.4, 0.5) is 0 Å². The monoisotopic (exact) mass is 398 g/mol. The molecule has 0 bridgehead atoms. The average Bonchev–Trinajstić information content (AvgIpc) is 2.93. The molecule has 0 N–H and O–H groups in total. The van der Waals surface area contributed by atoms with Crippen molar-refractivity contribution in [2.45, 2.75) is 72.6 Å². The summed E-state index contributed by atoms with van der Waals surface area (Å²) in [5.41, 5.74) is 5.53. The minimum Gasteiger partial charge on any atom is -0.497 e. The van der Waals surface area contributed by atoms with E-state index in [1.54, 1.807) is 7.11 Å². The predicted molar refractivity (Wildman–Crippen MR) is 122 cm³/mol. The highest BCUT2D eigenvalue weighted by Crippen LogP contribution is 2.39. The predicted octanol–water partition coefficient (Wildman–Crippen LogP) is 6.71. The van der Waals surface area contributed by atoms with Gasteiger partial charge in [0.15, 0.2) is 0 Å². The van der Waals surface area contributed by atoms with E-state index in [-0.39, 0.29) is 5.97 Å². The van der Waals surface area contributed by atoms with Crippen LogP contribution in [0.25, 0.3) is 0 Å². The first-order valence-corrected chi connectivity index (χ1v) is 11.1. The lowest BCUT2D eigenvalue weighted by molar-refractivity contribution is -0.143. The van der Waals surface area contributed by atoms with Gasteiger partial charge in [-0.1, -0.05) is 58.0 Å². The molecule has 2 aromatic rings. The first kappa shape index (κ1) is 24.7. The molecule has 160 valence electrons. The van der Waals surface area contributed by atoms with Crippen molar-refractivity contribution in [2.75, 3.05) is 13.7 Å². The second kappa shape index (κ2) is 13.8. The van der Waals surface area contributed by atoms with Gasteiger partial charge in [0.25, 0.3) is 0 Å². The van der Waals surface area contributed by atoms with Crippen molar-refractivity contribution in [2.24, 2.45) is 0 Å². The maximum absolute atomic E-state index is 11.7. The standard InChI is InChI=1S/C22H26O3.2C2H6/c1-3-25-22(23)10-6-9-20-19-8-5-4-7-16(19)11-12-17-13-14-18(24-2)15-21(17)20;2*1-2/h4-5,7-8,13-15,20H,3,6,9-12H2,1-2H3;2*1-2H3. The molecule has 0 saturated carbocycles. The third kappa shape index (κ3) is 6.92. The van der Waals surface area contributed by atoms with Crippen LogP contribution in [0.2, 0.25) is 0 Å². The van der Waals surface area contributed by atoms with Crippen LogP contribution < -0.4 is 4.74 Å². The van der Waals surface area contributed by atoms with Gasteiger partial charge in [0.2, 0.25) is 0 Å². The number of carbonyl (C=O) groups is 1. The molecule has 2 aromatic carbocycles. The third-order valence-corrected chi connectivity index (χ3v) is 5.00. The van der Waals surface area contributed by atoms with E-state index < -0.39 is 0 Å². The molecular formula is C26H38O3. The number of hydrogen-bond acceptors (Lipinski definition) is 3. The average molecular weight is 399 g/mol. The molecule has 1 aliphatic rings. The zero-order valence-electron chi connectivity index (χ0n) is 19.1. The Morgan fingerprint density at radius 1 is 0.966 bits per heavy atom. The van der Waals surface area contributed by atoms with Crippen molar-refractivity contribution in [1.82, 2.24) is 0 Å². The Labute approximate surface area is 177 Å². The molecule has 0 saturated heterocycles. The van der Waals surface area contributed by atoms with Crippen molar-refractivity contribution in [3.63, 3.8) is 0 Å². The van der Waals surface area contributed by atoms with Crippen molar-refractivity contribution < 1.29 is 14.3 Å². The molecule has 0 amide bonds. The maximum Gasteiger partial charge on any atom is 0.305 e. The Balaban J connectivity index is 0.000000989. The second-order valence-corrected chi connectivity index (χ2v) is 6.51. The summed E-state index contributed by atoms with van der Waals surface area (Å²) in [7, 11) is 1.71. The van der Waals surface area contributed by atoms with E-state index >= 15 is 0 Å². The second-order valence-electron chi connectivity index (χ2n) is 6.51. The molecular weight excluding hydrogens is 360 g/mol. The number of hydrogen-bond donors (Lipinski definition) is 0. The van der Waals surface area contributed by atoms with Crippen LogP contribution >= 0.6 is 0 Å². The molecule has 0 fully saturated rings. The molecule has 29 heavy (non-hydrogen) atoms. The lowest BCUT2D eigenvalue weighted by Gasteiger charge is -2.21. The summed E-state index contributed by atoms with van der Waals surface area (Å²) in [4.78, 5) is 11.7. The first-order valence-electron chi connectivity index (χ1n) is 11.1. The number of benzene rings is 2. The molecule has 0 aliphatic heterocycles. The van der Waals surface area contributed by atoms with E-state index in [4.69, 9.17) is 9.47 Å². The van der Waals surface area contributed by atoms with Gasteiger partial charge in [-0.15, -0.1) is 0 Å². The highest BCUT2D eigenvalue weighted by molar-refractivity contribution is 5.69. The van der Waals surface area contributed by atoms with Gasteiger partial charge in [-0.2, -0.15) is 0 Å². The summed E-state index contributed by atoms with van der Waals surface area (Å²) < 4.78 is 10.5. The minimum atomic E-state index is -0.102. The Kier molecular flexibility index (Phi) is 11.8. The summed E-state index contributed by atoms with van der Waals surface area (Å²) in [6.45, 7) is 10.3. The smallest absolute Gasteiger partial charge is 0.305 e. The molecule has 0 heterocycles. The van der Waals surface area contributed by atoms with Gasteiger partial charge in [0.05, 0.1) is 13.7 Å². The fraction of sp³-hybridized carbons (Fsp3) is 0.500. The number of fused-ring (bicyclic) bond motifs is 2. The van der Waals surface area contributed by atoms with E-state index in [0.29, 0.717) is 18.9 Å². The molecule has 3 nitrogen and oxygen atoms in total. The highest BCUT2D eigenvalue weighted by Gasteiger charge is 2.24. The van der Waals surface area contributed by atoms with Gasteiger partial charge in [-0.3, -0.25) is 4.79 Å². The van der Waals surface area contributed by atoms with Gasteiger partial charge >= 0.3 is 5.97 Å². The number of carbonyl (C=O) groups excluding carboxylic acids is 1. The lowest BCUT2D eigenvalue weighted by Crippen LogP contribution is -2.08. The Morgan fingerprint density at radius 2 is 1.62 bits per heavy atom. The van der Waals surface area contributed by atoms with E-state index in [9.17, 15) is 4.79 Å². The van der Waals surface area contributed by atoms with Gasteiger partial charge in [0.1, 0.15) is 5.75 Å². The zero-order chi connectivity index (χ0) is 21.6. The van der Waals surface area contributed by atoms with Crippen molar-refractivity contribution in [3.8, 4) is 5.75 Å². The molecule has 1 atom stereocenters. The Hall–Kier alpha value is -2.29. The van der Waals surface area contributed by atoms with Crippen LogP contribution in [-0.2, 0) is 22.4 Å².